The van der Waals surface area contributed by atoms with Crippen LogP contribution in [0, 0.1) is 11.6 Å². The van der Waals surface area contributed by atoms with Crippen molar-refractivity contribution in [2.75, 3.05) is 4.90 Å². The maximum Gasteiger partial charge on any atom is 0.227 e. The van der Waals surface area contributed by atoms with Crippen molar-refractivity contribution in [3.8, 4) is 0 Å². The van der Waals surface area contributed by atoms with Gasteiger partial charge in [0.2, 0.25) is 5.91 Å². The third-order valence-electron chi connectivity index (χ3n) is 2.76. The summed E-state index contributed by atoms with van der Waals surface area (Å²) >= 11 is 2.90. The van der Waals surface area contributed by atoms with Crippen molar-refractivity contribution in [1.29, 1.82) is 0 Å². The molecule has 1 unspecified atom stereocenters. The fourth-order valence-electron chi connectivity index (χ4n) is 1.90. The summed E-state index contributed by atoms with van der Waals surface area (Å²) in [6, 6.07) is 2.75. The van der Waals surface area contributed by atoms with E-state index in [-0.39, 0.29) is 22.1 Å². The van der Waals surface area contributed by atoms with E-state index in [9.17, 15) is 13.6 Å². The molecule has 16 heavy (non-hydrogen) atoms. The molecule has 2 rings (SSSR count). The van der Waals surface area contributed by atoms with Crippen LogP contribution in [0.4, 0.5) is 14.5 Å². The van der Waals surface area contributed by atoms with Gasteiger partial charge in [-0.1, -0.05) is 0 Å². The molecule has 0 aromatic heterocycles. The molecule has 1 aromatic rings. The van der Waals surface area contributed by atoms with Crippen LogP contribution < -0.4 is 4.90 Å². The van der Waals surface area contributed by atoms with Crippen LogP contribution in [0.3, 0.4) is 0 Å². The van der Waals surface area contributed by atoms with Crippen molar-refractivity contribution in [2.24, 2.45) is 0 Å². The molecule has 0 spiro atoms. The summed E-state index contributed by atoms with van der Waals surface area (Å²) in [5, 5.41) is 0. The molecule has 2 nitrogen and oxygen atoms in total. The van der Waals surface area contributed by atoms with Gasteiger partial charge in [0, 0.05) is 12.5 Å². The van der Waals surface area contributed by atoms with Gasteiger partial charge in [0.25, 0.3) is 0 Å². The van der Waals surface area contributed by atoms with Gasteiger partial charge in [0.15, 0.2) is 11.6 Å². The first kappa shape index (κ1) is 11.5. The van der Waals surface area contributed by atoms with Crippen molar-refractivity contribution < 1.29 is 13.6 Å². The number of carbonyl (C=O) groups is 1. The summed E-state index contributed by atoms with van der Waals surface area (Å²) in [6.07, 6.45) is 1.06. The Morgan fingerprint density at radius 2 is 2.06 bits per heavy atom. The van der Waals surface area contributed by atoms with Gasteiger partial charge in [-0.05, 0) is 41.4 Å². The molecule has 0 saturated carbocycles. The first-order valence-electron chi connectivity index (χ1n) is 4.98. The normalized spacial score (nSPS) is 20.6. The lowest BCUT2D eigenvalue weighted by molar-refractivity contribution is -0.117. The Morgan fingerprint density at radius 3 is 2.62 bits per heavy atom. The molecule has 1 aliphatic heterocycles. The molecule has 0 N–H and O–H groups in total. The summed E-state index contributed by atoms with van der Waals surface area (Å²) in [5.41, 5.74) is 0.0238. The van der Waals surface area contributed by atoms with Gasteiger partial charge in [-0.2, -0.15) is 0 Å². The molecule has 86 valence electrons. The van der Waals surface area contributed by atoms with Crippen LogP contribution in [-0.4, -0.2) is 11.9 Å². The number of rotatable bonds is 1. The second-order valence-electron chi connectivity index (χ2n) is 3.85. The van der Waals surface area contributed by atoms with E-state index in [0.717, 1.165) is 0 Å². The predicted molar refractivity (Wildman–Crippen MR) is 60.2 cm³/mol. The Kier molecular flexibility index (Phi) is 2.97. The zero-order valence-corrected chi connectivity index (χ0v) is 10.2. The zero-order valence-electron chi connectivity index (χ0n) is 8.64. The third kappa shape index (κ3) is 1.73. The molecular weight excluding hydrogens is 280 g/mol. The minimum Gasteiger partial charge on any atom is -0.307 e. The highest BCUT2D eigenvalue weighted by atomic mass is 79.9. The smallest absolute Gasteiger partial charge is 0.227 e. The largest absolute Gasteiger partial charge is 0.307 e. The van der Waals surface area contributed by atoms with Crippen molar-refractivity contribution in [2.45, 2.75) is 25.8 Å². The van der Waals surface area contributed by atoms with Crippen molar-refractivity contribution >= 4 is 27.5 Å². The molecule has 0 aliphatic carbocycles. The van der Waals surface area contributed by atoms with E-state index in [2.05, 4.69) is 15.9 Å². The fourth-order valence-corrected chi connectivity index (χ4v) is 2.21. The molecule has 1 amide bonds. The highest BCUT2D eigenvalue weighted by Crippen LogP contribution is 2.32. The number of benzene rings is 1. The van der Waals surface area contributed by atoms with Crippen LogP contribution in [0.5, 0.6) is 0 Å². The van der Waals surface area contributed by atoms with Gasteiger partial charge in [0.05, 0.1) is 10.2 Å². The van der Waals surface area contributed by atoms with Crippen molar-refractivity contribution in [1.82, 2.24) is 0 Å². The lowest BCUT2D eigenvalue weighted by Crippen LogP contribution is -2.31. The fraction of sp³-hybridized carbons (Fsp3) is 0.364. The van der Waals surface area contributed by atoms with Gasteiger partial charge >= 0.3 is 0 Å². The molecule has 0 radical (unpaired) electrons. The summed E-state index contributed by atoms with van der Waals surface area (Å²) in [6.45, 7) is 1.82. The lowest BCUT2D eigenvalue weighted by atomic mass is 10.2. The highest BCUT2D eigenvalue weighted by Gasteiger charge is 2.31. The van der Waals surface area contributed by atoms with Gasteiger partial charge in [-0.25, -0.2) is 8.78 Å². The van der Waals surface area contributed by atoms with E-state index in [4.69, 9.17) is 0 Å². The molecule has 5 heteroatoms. The summed E-state index contributed by atoms with van der Waals surface area (Å²) in [7, 11) is 0. The Bertz CT molecular complexity index is 450. The van der Waals surface area contributed by atoms with E-state index in [1.165, 1.54) is 17.0 Å². The Balaban J connectivity index is 2.48. The number of anilines is 1. The summed E-state index contributed by atoms with van der Waals surface area (Å²) in [5.74, 6) is -2.09. The van der Waals surface area contributed by atoms with Crippen LogP contribution >= 0.6 is 15.9 Å². The number of hydrogen-bond donors (Lipinski definition) is 0. The Labute approximate surface area is 100 Å². The van der Waals surface area contributed by atoms with Crippen LogP contribution in [0.15, 0.2) is 16.6 Å². The van der Waals surface area contributed by atoms with E-state index >= 15 is 0 Å². The summed E-state index contributed by atoms with van der Waals surface area (Å²) in [4.78, 5) is 12.9. The zero-order chi connectivity index (χ0) is 11.9. The second kappa shape index (κ2) is 4.13. The monoisotopic (exact) mass is 289 g/mol. The van der Waals surface area contributed by atoms with Gasteiger partial charge in [0.1, 0.15) is 0 Å². The third-order valence-corrected chi connectivity index (χ3v) is 3.37. The second-order valence-corrected chi connectivity index (χ2v) is 4.70. The molecule has 1 heterocycles. The Hall–Kier alpha value is -0.970. The molecule has 1 aromatic carbocycles. The number of nitrogens with zero attached hydrogens (tertiary/aromatic N) is 1. The quantitative estimate of drug-likeness (QED) is 0.727. The van der Waals surface area contributed by atoms with E-state index in [1.807, 2.05) is 6.92 Å². The minimum atomic E-state index is -0.975. The molecule has 0 bridgehead atoms. The van der Waals surface area contributed by atoms with Crippen LogP contribution in [0.25, 0.3) is 0 Å². The van der Waals surface area contributed by atoms with Crippen molar-refractivity contribution in [3.05, 3.63) is 28.2 Å². The molecule has 1 aliphatic rings. The highest BCUT2D eigenvalue weighted by molar-refractivity contribution is 9.10. The number of halogens is 3. The first-order valence-corrected chi connectivity index (χ1v) is 5.77. The number of carbonyl (C=O) groups excluding carboxylic acids is 1. The predicted octanol–water partition coefficient (Wildman–Crippen LogP) is 3.24. The number of amides is 1. The molecule has 1 atom stereocenters. The minimum absolute atomic E-state index is 0.0238. The first-order chi connectivity index (χ1) is 7.52. The average Bonchev–Trinajstić information content (AvgIpc) is 2.57. The SMILES string of the molecule is CC1CCC(=O)N1c1ccc(Br)c(F)c1F. The standard InChI is InChI=1S/C11H10BrF2NO/c1-6-2-5-9(16)15(6)8-4-3-7(12)10(13)11(8)14/h3-4,6H,2,5H2,1H3. The molecule has 1 fully saturated rings. The van der Waals surface area contributed by atoms with Crippen LogP contribution in [0.1, 0.15) is 19.8 Å². The molecule has 1 saturated heterocycles. The Morgan fingerprint density at radius 1 is 1.38 bits per heavy atom. The maximum atomic E-state index is 13.7. The van der Waals surface area contributed by atoms with Crippen LogP contribution in [0.2, 0.25) is 0 Å². The van der Waals surface area contributed by atoms with Gasteiger partial charge in [-0.15, -0.1) is 0 Å². The van der Waals surface area contributed by atoms with Crippen LogP contribution in [-0.2, 0) is 4.79 Å². The lowest BCUT2D eigenvalue weighted by Gasteiger charge is -2.22. The number of hydrogen-bond acceptors (Lipinski definition) is 1. The van der Waals surface area contributed by atoms with E-state index in [0.29, 0.717) is 12.8 Å². The molecular formula is C11H10BrF2NO. The van der Waals surface area contributed by atoms with E-state index in [1.54, 1.807) is 0 Å². The van der Waals surface area contributed by atoms with E-state index < -0.39 is 11.6 Å². The van der Waals surface area contributed by atoms with Crippen molar-refractivity contribution in [3.63, 3.8) is 0 Å². The van der Waals surface area contributed by atoms with Gasteiger partial charge in [-0.3, -0.25) is 4.79 Å². The maximum absolute atomic E-state index is 13.7. The topological polar surface area (TPSA) is 20.3 Å². The average molecular weight is 290 g/mol. The summed E-state index contributed by atoms with van der Waals surface area (Å²) < 4.78 is 27.1. The van der Waals surface area contributed by atoms with Gasteiger partial charge < -0.3 is 4.90 Å².